The van der Waals surface area contributed by atoms with Gasteiger partial charge in [-0.15, -0.1) is 0 Å². The minimum Gasteiger partial charge on any atom is -0.481 e. The van der Waals surface area contributed by atoms with Crippen molar-refractivity contribution in [1.82, 2.24) is 0 Å². The first-order chi connectivity index (χ1) is 9.49. The Morgan fingerprint density at radius 1 is 1.15 bits per heavy atom. The Bertz CT molecular complexity index is 478. The first-order valence-corrected chi connectivity index (χ1v) is 7.10. The van der Waals surface area contributed by atoms with Gasteiger partial charge in [0.1, 0.15) is 0 Å². The molecule has 1 aromatic carbocycles. The second-order valence-electron chi connectivity index (χ2n) is 5.03. The number of carbonyl (C=O) groups is 2. The zero-order valence-electron chi connectivity index (χ0n) is 12.4. The predicted molar refractivity (Wildman–Crippen MR) is 79.7 cm³/mol. The molecular formula is C16H23NO3. The minimum absolute atomic E-state index is 0.00732. The van der Waals surface area contributed by atoms with E-state index in [4.69, 9.17) is 0 Å². The summed E-state index contributed by atoms with van der Waals surface area (Å²) in [5.41, 5.74) is 0.854. The molecular weight excluding hydrogens is 254 g/mol. The third-order valence-corrected chi connectivity index (χ3v) is 3.98. The number of carbonyl (C=O) groups excluding carboxylic acids is 1. The fourth-order valence-electron chi connectivity index (χ4n) is 2.33. The number of aryl methyl sites for hydroxylation is 1. The van der Waals surface area contributed by atoms with E-state index in [1.807, 2.05) is 45.0 Å². The molecule has 1 aromatic rings. The Hall–Kier alpha value is -1.84. The van der Waals surface area contributed by atoms with E-state index in [1.54, 1.807) is 0 Å². The Labute approximate surface area is 120 Å². The number of hydrogen-bond acceptors (Lipinski definition) is 2. The number of benzene rings is 1. The lowest BCUT2D eigenvalue weighted by Crippen LogP contribution is -2.34. The van der Waals surface area contributed by atoms with Gasteiger partial charge in [-0.1, -0.05) is 39.0 Å². The molecule has 0 radical (unpaired) electrons. The average Bonchev–Trinajstić information content (AvgIpc) is 2.45. The van der Waals surface area contributed by atoms with Gasteiger partial charge < -0.3 is 10.4 Å². The van der Waals surface area contributed by atoms with Gasteiger partial charge in [0.2, 0.25) is 5.91 Å². The van der Waals surface area contributed by atoms with Gasteiger partial charge in [0, 0.05) is 12.1 Å². The highest BCUT2D eigenvalue weighted by atomic mass is 16.4. The van der Waals surface area contributed by atoms with Crippen molar-refractivity contribution in [1.29, 1.82) is 0 Å². The van der Waals surface area contributed by atoms with Crippen molar-refractivity contribution in [2.45, 2.75) is 46.5 Å². The molecule has 0 saturated heterocycles. The Morgan fingerprint density at radius 3 is 2.25 bits per heavy atom. The van der Waals surface area contributed by atoms with Crippen molar-refractivity contribution in [3.63, 3.8) is 0 Å². The number of nitrogens with one attached hydrogen (secondary N) is 1. The van der Waals surface area contributed by atoms with Crippen LogP contribution in [0.15, 0.2) is 24.3 Å². The molecule has 0 spiro atoms. The molecule has 0 aliphatic rings. The molecule has 0 bridgehead atoms. The fourth-order valence-corrected chi connectivity index (χ4v) is 2.33. The molecule has 0 saturated carbocycles. The normalized spacial score (nSPS) is 11.2. The van der Waals surface area contributed by atoms with E-state index in [-0.39, 0.29) is 12.3 Å². The van der Waals surface area contributed by atoms with Crippen LogP contribution in [0.2, 0.25) is 0 Å². The zero-order valence-corrected chi connectivity index (χ0v) is 12.4. The second kappa shape index (κ2) is 7.08. The standard InChI is InChI=1S/C16H23NO3/c1-4-12-9-7-8-10-13(12)17-14(18)11-16(5-2,6-3)15(19)20/h7-10H,4-6,11H2,1-3H3,(H,17,18)(H,19,20). The number of hydrogen-bond donors (Lipinski definition) is 2. The van der Waals surface area contributed by atoms with E-state index in [0.29, 0.717) is 12.8 Å². The van der Waals surface area contributed by atoms with Crippen molar-refractivity contribution in [2.24, 2.45) is 5.41 Å². The summed E-state index contributed by atoms with van der Waals surface area (Å²) >= 11 is 0. The lowest BCUT2D eigenvalue weighted by Gasteiger charge is -2.26. The zero-order chi connectivity index (χ0) is 15.2. The maximum atomic E-state index is 12.1. The summed E-state index contributed by atoms with van der Waals surface area (Å²) in [6.45, 7) is 5.64. The second-order valence-corrected chi connectivity index (χ2v) is 5.03. The van der Waals surface area contributed by atoms with Crippen LogP contribution in [0.4, 0.5) is 5.69 Å². The van der Waals surface area contributed by atoms with Crippen LogP contribution in [0.25, 0.3) is 0 Å². The number of carboxylic acids is 1. The Kier molecular flexibility index (Phi) is 5.74. The third-order valence-electron chi connectivity index (χ3n) is 3.98. The molecule has 20 heavy (non-hydrogen) atoms. The highest BCUT2D eigenvalue weighted by molar-refractivity contribution is 5.94. The SMILES string of the molecule is CCc1ccccc1NC(=O)CC(CC)(CC)C(=O)O. The van der Waals surface area contributed by atoms with Gasteiger partial charge in [-0.2, -0.15) is 0 Å². The topological polar surface area (TPSA) is 66.4 Å². The van der Waals surface area contributed by atoms with E-state index in [1.165, 1.54) is 0 Å². The van der Waals surface area contributed by atoms with Gasteiger partial charge in [-0.25, -0.2) is 0 Å². The van der Waals surface area contributed by atoms with Crippen LogP contribution in [0.3, 0.4) is 0 Å². The van der Waals surface area contributed by atoms with Gasteiger partial charge in [0.25, 0.3) is 0 Å². The average molecular weight is 277 g/mol. The molecule has 0 aliphatic carbocycles. The van der Waals surface area contributed by atoms with Crippen molar-refractivity contribution in [3.8, 4) is 0 Å². The summed E-state index contributed by atoms with van der Waals surface area (Å²) in [6, 6.07) is 7.59. The van der Waals surface area contributed by atoms with E-state index >= 15 is 0 Å². The van der Waals surface area contributed by atoms with Crippen LogP contribution >= 0.6 is 0 Å². The molecule has 0 aromatic heterocycles. The number of para-hydroxylation sites is 1. The molecule has 1 rings (SSSR count). The fraction of sp³-hybridized carbons (Fsp3) is 0.500. The largest absolute Gasteiger partial charge is 0.481 e. The van der Waals surface area contributed by atoms with E-state index < -0.39 is 11.4 Å². The highest BCUT2D eigenvalue weighted by Crippen LogP contribution is 2.31. The van der Waals surface area contributed by atoms with Gasteiger partial charge >= 0.3 is 5.97 Å². The highest BCUT2D eigenvalue weighted by Gasteiger charge is 2.37. The molecule has 2 N–H and O–H groups in total. The van der Waals surface area contributed by atoms with Gasteiger partial charge in [-0.3, -0.25) is 9.59 Å². The maximum Gasteiger partial charge on any atom is 0.310 e. The molecule has 0 aliphatic heterocycles. The maximum absolute atomic E-state index is 12.1. The van der Waals surface area contributed by atoms with Crippen molar-refractivity contribution in [2.75, 3.05) is 5.32 Å². The van der Waals surface area contributed by atoms with Crippen LogP contribution in [-0.2, 0) is 16.0 Å². The molecule has 0 fully saturated rings. The molecule has 1 amide bonds. The van der Waals surface area contributed by atoms with Crippen LogP contribution in [0.1, 0.15) is 45.6 Å². The lowest BCUT2D eigenvalue weighted by molar-refractivity contribution is -0.151. The summed E-state index contributed by atoms with van der Waals surface area (Å²) in [7, 11) is 0. The minimum atomic E-state index is -0.967. The lowest BCUT2D eigenvalue weighted by atomic mass is 9.79. The molecule has 0 heterocycles. The Morgan fingerprint density at radius 2 is 1.75 bits per heavy atom. The van der Waals surface area contributed by atoms with Crippen molar-refractivity contribution in [3.05, 3.63) is 29.8 Å². The first kappa shape index (κ1) is 16.2. The summed E-state index contributed by atoms with van der Waals surface area (Å²) < 4.78 is 0. The number of amides is 1. The number of rotatable bonds is 7. The van der Waals surface area contributed by atoms with Crippen LogP contribution in [-0.4, -0.2) is 17.0 Å². The quantitative estimate of drug-likeness (QED) is 0.802. The van der Waals surface area contributed by atoms with Crippen LogP contribution < -0.4 is 5.32 Å². The first-order valence-electron chi connectivity index (χ1n) is 7.10. The van der Waals surface area contributed by atoms with Crippen LogP contribution in [0.5, 0.6) is 0 Å². The van der Waals surface area contributed by atoms with Gasteiger partial charge in [0.05, 0.1) is 5.41 Å². The number of carboxylic acid groups (broad SMARTS) is 1. The predicted octanol–water partition coefficient (Wildman–Crippen LogP) is 3.47. The van der Waals surface area contributed by atoms with E-state index in [0.717, 1.165) is 17.7 Å². The Balaban J connectivity index is 2.84. The molecule has 0 atom stereocenters. The van der Waals surface area contributed by atoms with Crippen LogP contribution in [0, 0.1) is 5.41 Å². The van der Waals surface area contributed by atoms with Crippen molar-refractivity contribution >= 4 is 17.6 Å². The van der Waals surface area contributed by atoms with Crippen molar-refractivity contribution < 1.29 is 14.7 Å². The molecule has 0 unspecified atom stereocenters. The third kappa shape index (κ3) is 3.59. The number of anilines is 1. The monoisotopic (exact) mass is 277 g/mol. The summed E-state index contributed by atoms with van der Waals surface area (Å²) in [6.07, 6.45) is 1.72. The van der Waals surface area contributed by atoms with E-state index in [2.05, 4.69) is 5.32 Å². The molecule has 4 nitrogen and oxygen atoms in total. The van der Waals surface area contributed by atoms with Gasteiger partial charge in [-0.05, 0) is 30.9 Å². The molecule has 110 valence electrons. The number of aliphatic carboxylic acids is 1. The van der Waals surface area contributed by atoms with E-state index in [9.17, 15) is 14.7 Å². The summed E-state index contributed by atoms with van der Waals surface area (Å²) in [5.74, 6) is -1.14. The smallest absolute Gasteiger partial charge is 0.310 e. The molecule has 4 heteroatoms. The summed E-state index contributed by atoms with van der Waals surface area (Å²) in [4.78, 5) is 23.6. The summed E-state index contributed by atoms with van der Waals surface area (Å²) in [5, 5.41) is 12.2. The van der Waals surface area contributed by atoms with Gasteiger partial charge in [0.15, 0.2) is 0 Å².